The summed E-state index contributed by atoms with van der Waals surface area (Å²) in [5.74, 6) is -0.657. The summed E-state index contributed by atoms with van der Waals surface area (Å²) in [6.45, 7) is 5.51. The highest BCUT2D eigenvalue weighted by Crippen LogP contribution is 2.11. The number of hydrogen-bond donors (Lipinski definition) is 1. The summed E-state index contributed by atoms with van der Waals surface area (Å²) in [6.07, 6.45) is 14.4. The van der Waals surface area contributed by atoms with Crippen molar-refractivity contribution in [3.8, 4) is 0 Å². The van der Waals surface area contributed by atoms with E-state index in [4.69, 9.17) is 5.11 Å². The Morgan fingerprint density at radius 1 is 0.773 bits per heavy atom. The Kier molecular flexibility index (Phi) is 28.2. The van der Waals surface area contributed by atoms with Crippen molar-refractivity contribution in [1.29, 1.82) is 0 Å². The van der Waals surface area contributed by atoms with Crippen LogP contribution in [0.25, 0.3) is 0 Å². The average molecular weight is 382 g/mol. The molecule has 0 fully saturated rings. The lowest BCUT2D eigenvalue weighted by Crippen LogP contribution is -2.08. The summed E-state index contributed by atoms with van der Waals surface area (Å²) >= 11 is 0. The molecule has 0 saturated heterocycles. The zero-order valence-electron chi connectivity index (χ0n) is 15.4. The summed E-state index contributed by atoms with van der Waals surface area (Å²) in [5, 5.41) is 8.46. The smallest absolute Gasteiger partial charge is 0.303 e. The Morgan fingerprint density at radius 3 is 1.36 bits per heavy atom. The van der Waals surface area contributed by atoms with Crippen molar-refractivity contribution in [3.63, 3.8) is 0 Å². The van der Waals surface area contributed by atoms with Gasteiger partial charge in [0.15, 0.2) is 0 Å². The number of carbonyl (C=O) groups is 1. The van der Waals surface area contributed by atoms with Crippen LogP contribution in [0.1, 0.15) is 90.9 Å². The van der Waals surface area contributed by atoms with E-state index in [1.807, 2.05) is 0 Å². The van der Waals surface area contributed by atoms with Crippen molar-refractivity contribution in [1.82, 2.24) is 4.90 Å². The number of hydrogen-bond acceptors (Lipinski definition) is 2. The molecule has 0 spiro atoms. The molecule has 0 aromatic rings. The molecule has 22 heavy (non-hydrogen) atoms. The highest BCUT2D eigenvalue weighted by atomic mass is 79.9. The van der Waals surface area contributed by atoms with Crippen LogP contribution in [0.3, 0.4) is 0 Å². The van der Waals surface area contributed by atoms with E-state index in [2.05, 4.69) is 32.8 Å². The number of nitrogens with zero attached hydrogens (tertiary/aromatic N) is 1. The van der Waals surface area contributed by atoms with Crippen LogP contribution < -0.4 is 0 Å². The topological polar surface area (TPSA) is 40.5 Å². The van der Waals surface area contributed by atoms with E-state index in [1.54, 1.807) is 0 Å². The fourth-order valence-corrected chi connectivity index (χ4v) is 1.94. The predicted molar refractivity (Wildman–Crippen MR) is 103 cm³/mol. The molecule has 136 valence electrons. The third-order valence-corrected chi connectivity index (χ3v) is 3.63. The van der Waals surface area contributed by atoms with Crippen molar-refractivity contribution < 1.29 is 9.90 Å². The molecule has 0 aliphatic heterocycles. The van der Waals surface area contributed by atoms with Crippen molar-refractivity contribution in [2.24, 2.45) is 0 Å². The van der Waals surface area contributed by atoms with Gasteiger partial charge in [0.05, 0.1) is 0 Å². The molecule has 0 aliphatic carbocycles. The molecule has 0 aromatic carbocycles. The molecule has 0 bridgehead atoms. The highest BCUT2D eigenvalue weighted by Gasteiger charge is 1.96. The van der Waals surface area contributed by atoms with Crippen LogP contribution in [0.4, 0.5) is 0 Å². The van der Waals surface area contributed by atoms with Crippen molar-refractivity contribution >= 4 is 23.0 Å². The third-order valence-electron chi connectivity index (χ3n) is 3.63. The minimum Gasteiger partial charge on any atom is -0.481 e. The SMILES string of the molecule is Br.CCCCCCCCCCCCCC(=O)O.CCN(C)C. The summed E-state index contributed by atoms with van der Waals surface area (Å²) in [7, 11) is 4.11. The zero-order valence-corrected chi connectivity index (χ0v) is 17.1. The maximum absolute atomic E-state index is 10.3. The number of carboxylic acids is 1. The van der Waals surface area contributed by atoms with E-state index in [0.29, 0.717) is 6.42 Å². The second kappa shape index (κ2) is 23.2. The van der Waals surface area contributed by atoms with E-state index in [9.17, 15) is 4.79 Å². The quantitative estimate of drug-likeness (QED) is 0.402. The first kappa shape index (κ1) is 26.8. The molecule has 0 heterocycles. The standard InChI is InChI=1S/C14H28O2.C4H11N.BrH/c1-2-3-4-5-6-7-8-9-10-11-12-13-14(15)16;1-4-5(2)3;/h2-13H2,1H3,(H,15,16);4H2,1-3H3;1H. The summed E-state index contributed by atoms with van der Waals surface area (Å²) in [5.41, 5.74) is 0. The summed E-state index contributed by atoms with van der Waals surface area (Å²) < 4.78 is 0. The summed E-state index contributed by atoms with van der Waals surface area (Å²) in [6, 6.07) is 0. The Bertz CT molecular complexity index is 211. The Balaban J connectivity index is -0.000000520. The largest absolute Gasteiger partial charge is 0.481 e. The van der Waals surface area contributed by atoms with Gasteiger partial charge in [0.25, 0.3) is 0 Å². The van der Waals surface area contributed by atoms with Crippen molar-refractivity contribution in [2.45, 2.75) is 90.9 Å². The maximum atomic E-state index is 10.3. The average Bonchev–Trinajstić information content (AvgIpc) is 2.45. The van der Waals surface area contributed by atoms with Crippen LogP contribution in [0.15, 0.2) is 0 Å². The first-order valence-electron chi connectivity index (χ1n) is 8.91. The third kappa shape index (κ3) is 32.0. The number of rotatable bonds is 13. The van der Waals surface area contributed by atoms with E-state index in [-0.39, 0.29) is 17.0 Å². The second-order valence-corrected chi connectivity index (χ2v) is 6.08. The molecule has 0 amide bonds. The van der Waals surface area contributed by atoms with Gasteiger partial charge in [-0.05, 0) is 27.1 Å². The number of unbranched alkanes of at least 4 members (excludes halogenated alkanes) is 10. The zero-order chi connectivity index (χ0) is 16.3. The van der Waals surface area contributed by atoms with Crippen LogP contribution in [-0.2, 0) is 4.79 Å². The maximum Gasteiger partial charge on any atom is 0.303 e. The van der Waals surface area contributed by atoms with E-state index >= 15 is 0 Å². The minimum atomic E-state index is -0.657. The fourth-order valence-electron chi connectivity index (χ4n) is 1.94. The molecule has 0 radical (unpaired) electrons. The molecular weight excluding hydrogens is 342 g/mol. The van der Waals surface area contributed by atoms with E-state index < -0.39 is 5.97 Å². The van der Waals surface area contributed by atoms with Crippen molar-refractivity contribution in [2.75, 3.05) is 20.6 Å². The molecule has 0 aromatic heterocycles. The van der Waals surface area contributed by atoms with Crippen LogP contribution in [0.2, 0.25) is 0 Å². The monoisotopic (exact) mass is 381 g/mol. The van der Waals surface area contributed by atoms with Crippen LogP contribution in [0, 0.1) is 0 Å². The highest BCUT2D eigenvalue weighted by molar-refractivity contribution is 8.93. The van der Waals surface area contributed by atoms with Gasteiger partial charge in [0.2, 0.25) is 0 Å². The molecule has 0 atom stereocenters. The predicted octanol–water partition coefficient (Wildman–Crippen LogP) is 5.92. The van der Waals surface area contributed by atoms with Crippen LogP contribution in [-0.4, -0.2) is 36.6 Å². The van der Waals surface area contributed by atoms with Gasteiger partial charge in [0, 0.05) is 6.42 Å². The van der Waals surface area contributed by atoms with Crippen LogP contribution >= 0.6 is 17.0 Å². The number of carboxylic acid groups (broad SMARTS) is 1. The van der Waals surface area contributed by atoms with E-state index in [1.165, 1.54) is 57.8 Å². The lowest BCUT2D eigenvalue weighted by Gasteiger charge is -2.01. The normalized spacial score (nSPS) is 9.86. The molecular formula is C18H40BrNO2. The van der Waals surface area contributed by atoms with Gasteiger partial charge in [-0.25, -0.2) is 0 Å². The van der Waals surface area contributed by atoms with Gasteiger partial charge in [-0.15, -0.1) is 17.0 Å². The summed E-state index contributed by atoms with van der Waals surface area (Å²) in [4.78, 5) is 12.4. The molecule has 3 nitrogen and oxygen atoms in total. The van der Waals surface area contributed by atoms with Gasteiger partial charge in [0.1, 0.15) is 0 Å². The first-order valence-corrected chi connectivity index (χ1v) is 8.91. The van der Waals surface area contributed by atoms with Gasteiger partial charge in [-0.2, -0.15) is 0 Å². The molecule has 0 saturated carbocycles. The van der Waals surface area contributed by atoms with Gasteiger partial charge in [-0.1, -0.05) is 78.1 Å². The van der Waals surface area contributed by atoms with Crippen molar-refractivity contribution in [3.05, 3.63) is 0 Å². The Hall–Kier alpha value is -0.0900. The van der Waals surface area contributed by atoms with Gasteiger partial charge < -0.3 is 10.0 Å². The van der Waals surface area contributed by atoms with Gasteiger partial charge >= 0.3 is 5.97 Å². The molecule has 4 heteroatoms. The van der Waals surface area contributed by atoms with Crippen LogP contribution in [0.5, 0.6) is 0 Å². The lowest BCUT2D eigenvalue weighted by atomic mass is 10.1. The number of halogens is 1. The van der Waals surface area contributed by atoms with E-state index in [0.717, 1.165) is 19.4 Å². The first-order chi connectivity index (χ1) is 10.0. The fraction of sp³-hybridized carbons (Fsp3) is 0.944. The Labute approximate surface area is 149 Å². The molecule has 1 N–H and O–H groups in total. The number of aliphatic carboxylic acids is 1. The van der Waals surface area contributed by atoms with Gasteiger partial charge in [-0.3, -0.25) is 4.79 Å². The molecule has 0 rings (SSSR count). The Morgan fingerprint density at radius 2 is 1.09 bits per heavy atom. The molecule has 0 unspecified atom stereocenters. The molecule has 0 aliphatic rings. The second-order valence-electron chi connectivity index (χ2n) is 6.08. The lowest BCUT2D eigenvalue weighted by molar-refractivity contribution is -0.137. The minimum absolute atomic E-state index is 0.